The van der Waals surface area contributed by atoms with Crippen molar-refractivity contribution in [3.63, 3.8) is 0 Å². The number of benzene rings is 2. The summed E-state index contributed by atoms with van der Waals surface area (Å²) in [5, 5.41) is 0. The lowest BCUT2D eigenvalue weighted by Gasteiger charge is -2.12. The fourth-order valence-corrected chi connectivity index (χ4v) is 5.23. The Balaban J connectivity index is 0.00000192. The molecule has 1 fully saturated rings. The van der Waals surface area contributed by atoms with Crippen molar-refractivity contribution >= 4 is 11.2 Å². The minimum absolute atomic E-state index is 0. The predicted molar refractivity (Wildman–Crippen MR) is 96.1 cm³/mol. The minimum atomic E-state index is 0. The van der Waals surface area contributed by atoms with Crippen LogP contribution in [0.5, 0.6) is 0 Å². The second-order valence-corrected chi connectivity index (χ2v) is 7.63. The van der Waals surface area contributed by atoms with Gasteiger partial charge in [0.15, 0.2) is 6.10 Å². The molecule has 2 aromatic carbocycles. The van der Waals surface area contributed by atoms with E-state index in [9.17, 15) is 0 Å². The summed E-state index contributed by atoms with van der Waals surface area (Å²) in [5.41, 5.74) is 4.10. The average molecular weight is 347 g/mol. The van der Waals surface area contributed by atoms with E-state index >= 15 is 0 Å². The van der Waals surface area contributed by atoms with Crippen LogP contribution in [0.2, 0.25) is 0 Å². The summed E-state index contributed by atoms with van der Waals surface area (Å²) in [6.07, 6.45) is 3.16. The summed E-state index contributed by atoms with van der Waals surface area (Å²) in [6, 6.07) is 19.1. The van der Waals surface area contributed by atoms with Crippen LogP contribution in [0.3, 0.4) is 0 Å². The van der Waals surface area contributed by atoms with Crippen molar-refractivity contribution in [1.29, 1.82) is 0 Å². The fraction of sp³-hybridized carbons (Fsp3) is 0.300. The lowest BCUT2D eigenvalue weighted by atomic mass is 9.95. The lowest BCUT2D eigenvalue weighted by Crippen LogP contribution is -3.00. The van der Waals surface area contributed by atoms with Crippen molar-refractivity contribution in [2.45, 2.75) is 25.4 Å². The van der Waals surface area contributed by atoms with Crippen LogP contribution < -0.4 is 12.4 Å². The molecule has 0 saturated carbocycles. The van der Waals surface area contributed by atoms with Crippen molar-refractivity contribution in [1.82, 2.24) is 0 Å². The highest BCUT2D eigenvalue weighted by molar-refractivity contribution is 7.92. The summed E-state index contributed by atoms with van der Waals surface area (Å²) in [5.74, 6) is 2.95. The lowest BCUT2D eigenvalue weighted by molar-refractivity contribution is -0.00000525. The van der Waals surface area contributed by atoms with E-state index in [-0.39, 0.29) is 29.7 Å². The van der Waals surface area contributed by atoms with Gasteiger partial charge in [0, 0.05) is 12.3 Å². The molecule has 0 radical (unpaired) electrons. The van der Waals surface area contributed by atoms with Gasteiger partial charge in [0.1, 0.15) is 22.7 Å². The van der Waals surface area contributed by atoms with Gasteiger partial charge in [0.05, 0.1) is 0 Å². The molecule has 1 saturated heterocycles. The van der Waals surface area contributed by atoms with Gasteiger partial charge in [-0.25, -0.2) is 0 Å². The smallest absolute Gasteiger partial charge is 0.157 e. The van der Waals surface area contributed by atoms with Crippen molar-refractivity contribution in [2.75, 3.05) is 11.5 Å². The molecule has 3 atom stereocenters. The summed E-state index contributed by atoms with van der Waals surface area (Å²) < 4.78 is 6.35. The maximum atomic E-state index is 6.35. The molecule has 0 bridgehead atoms. The fourth-order valence-electron chi connectivity index (χ4n) is 3.06. The Bertz CT molecular complexity index is 629. The van der Waals surface area contributed by atoms with Gasteiger partial charge in [0.2, 0.25) is 0 Å². The second kappa shape index (κ2) is 8.58. The molecular formula is C20H23ClOS. The number of rotatable bonds is 5. The second-order valence-electron chi connectivity index (χ2n) is 5.82. The molecule has 3 unspecified atom stereocenters. The van der Waals surface area contributed by atoms with E-state index in [1.165, 1.54) is 23.1 Å². The van der Waals surface area contributed by atoms with Crippen molar-refractivity contribution < 1.29 is 16.6 Å². The van der Waals surface area contributed by atoms with Crippen molar-refractivity contribution in [3.05, 3.63) is 83.9 Å². The van der Waals surface area contributed by atoms with Crippen LogP contribution in [0.25, 0.3) is 0 Å². The molecule has 3 heteroatoms. The normalized spacial score (nSPS) is 21.4. The van der Waals surface area contributed by atoms with Crippen molar-refractivity contribution in [3.8, 4) is 0 Å². The molecule has 1 nitrogen and oxygen atoms in total. The molecular weight excluding hydrogens is 324 g/mol. The molecule has 3 rings (SSSR count). The molecule has 1 aliphatic heterocycles. The highest BCUT2D eigenvalue weighted by Crippen LogP contribution is 2.35. The zero-order valence-corrected chi connectivity index (χ0v) is 15.0. The molecule has 0 aromatic heterocycles. The molecule has 23 heavy (non-hydrogen) atoms. The summed E-state index contributed by atoms with van der Waals surface area (Å²) in [4.78, 5) is 0. The molecule has 0 aliphatic carbocycles. The first-order valence-electron chi connectivity index (χ1n) is 7.85. The third-order valence-corrected chi connectivity index (χ3v) is 6.24. The Hall–Kier alpha value is -1.22. The van der Waals surface area contributed by atoms with Crippen LogP contribution in [-0.4, -0.2) is 11.5 Å². The van der Waals surface area contributed by atoms with Gasteiger partial charge in [-0.3, -0.25) is 0 Å². The largest absolute Gasteiger partial charge is 1.00 e. The maximum Gasteiger partial charge on any atom is 0.157 e. The third-order valence-electron chi connectivity index (χ3n) is 4.29. The molecule has 1 heterocycles. The molecule has 122 valence electrons. The first-order chi connectivity index (χ1) is 10.8. The SMILES string of the molecule is C=CC(O[S+]1CCC(c2ccccc2C)C1)c1ccccc1.[Cl-]. The molecule has 0 amide bonds. The molecule has 0 N–H and O–H groups in total. The number of aryl methyl sites for hydroxylation is 1. The third kappa shape index (κ3) is 4.41. The molecule has 0 spiro atoms. The Morgan fingerprint density at radius 3 is 2.52 bits per heavy atom. The average Bonchev–Trinajstić information content (AvgIpc) is 3.02. The number of halogens is 1. The molecule has 2 aromatic rings. The van der Waals surface area contributed by atoms with E-state index in [0.29, 0.717) is 5.92 Å². The van der Waals surface area contributed by atoms with Gasteiger partial charge < -0.3 is 12.4 Å². The summed E-state index contributed by atoms with van der Waals surface area (Å²) >= 11 is 0.0322. The van der Waals surface area contributed by atoms with Crippen LogP contribution in [0, 0.1) is 6.92 Å². The van der Waals surface area contributed by atoms with E-state index in [4.69, 9.17) is 4.18 Å². The quantitative estimate of drug-likeness (QED) is 0.594. The monoisotopic (exact) mass is 346 g/mol. The van der Waals surface area contributed by atoms with Crippen LogP contribution in [0.4, 0.5) is 0 Å². The summed E-state index contributed by atoms with van der Waals surface area (Å²) in [6.45, 7) is 6.16. The van der Waals surface area contributed by atoms with E-state index in [1.807, 2.05) is 12.1 Å². The van der Waals surface area contributed by atoms with Gasteiger partial charge >= 0.3 is 0 Å². The van der Waals surface area contributed by atoms with Gasteiger partial charge in [-0.15, -0.1) is 0 Å². The molecule has 1 aliphatic rings. The highest BCUT2D eigenvalue weighted by atomic mass is 35.5. The van der Waals surface area contributed by atoms with Crippen molar-refractivity contribution in [2.24, 2.45) is 0 Å². The Kier molecular flexibility index (Phi) is 6.76. The van der Waals surface area contributed by atoms with Gasteiger partial charge in [-0.1, -0.05) is 67.3 Å². The van der Waals surface area contributed by atoms with Gasteiger partial charge in [0.25, 0.3) is 0 Å². The zero-order valence-electron chi connectivity index (χ0n) is 13.5. The van der Waals surface area contributed by atoms with Crippen LogP contribution in [-0.2, 0) is 15.4 Å². The number of hydrogen-bond donors (Lipinski definition) is 0. The van der Waals surface area contributed by atoms with E-state index in [0.717, 1.165) is 11.5 Å². The van der Waals surface area contributed by atoms with Crippen LogP contribution in [0.1, 0.15) is 35.1 Å². The topological polar surface area (TPSA) is 9.23 Å². The van der Waals surface area contributed by atoms with E-state index in [2.05, 4.69) is 62.0 Å². The van der Waals surface area contributed by atoms with E-state index in [1.54, 1.807) is 0 Å². The van der Waals surface area contributed by atoms with Gasteiger partial charge in [-0.05, 0) is 23.6 Å². The first kappa shape index (κ1) is 18.1. The van der Waals surface area contributed by atoms with Crippen LogP contribution >= 0.6 is 0 Å². The Morgan fingerprint density at radius 1 is 1.13 bits per heavy atom. The first-order valence-corrected chi connectivity index (χ1v) is 9.34. The van der Waals surface area contributed by atoms with Crippen LogP contribution in [0.15, 0.2) is 67.3 Å². The van der Waals surface area contributed by atoms with Gasteiger partial charge in [-0.2, -0.15) is 4.18 Å². The minimum Gasteiger partial charge on any atom is -1.00 e. The predicted octanol–water partition coefficient (Wildman–Crippen LogP) is 1.96. The highest BCUT2D eigenvalue weighted by Gasteiger charge is 2.38. The van der Waals surface area contributed by atoms with E-state index < -0.39 is 0 Å². The zero-order chi connectivity index (χ0) is 15.4. The summed E-state index contributed by atoms with van der Waals surface area (Å²) in [7, 11) is 0. The Morgan fingerprint density at radius 2 is 1.83 bits per heavy atom. The number of hydrogen-bond acceptors (Lipinski definition) is 1. The Labute approximate surface area is 148 Å². The standard InChI is InChI=1S/C20H23OS.ClH/c1-3-20(17-10-5-4-6-11-17)21-22-14-13-18(15-22)19-12-8-7-9-16(19)2;/h3-12,18,20H,1,13-15H2,2H3;1H/q+1;/p-1. The maximum absolute atomic E-state index is 6.35.